The van der Waals surface area contributed by atoms with Crippen molar-refractivity contribution < 1.29 is 28.1 Å². The van der Waals surface area contributed by atoms with Crippen molar-refractivity contribution in [2.45, 2.75) is 41.6 Å². The Labute approximate surface area is 258 Å². The van der Waals surface area contributed by atoms with Crippen LogP contribution in [0.3, 0.4) is 0 Å². The van der Waals surface area contributed by atoms with Crippen LogP contribution < -0.4 is 4.72 Å². The highest BCUT2D eigenvalue weighted by molar-refractivity contribution is 7.99. The molecule has 13 heteroatoms. The summed E-state index contributed by atoms with van der Waals surface area (Å²) in [6.45, 7) is -0.0487. The first kappa shape index (κ1) is 29.8. The van der Waals surface area contributed by atoms with Gasteiger partial charge in [-0.3, -0.25) is 4.72 Å². The fourth-order valence-corrected chi connectivity index (χ4v) is 6.72. The summed E-state index contributed by atoms with van der Waals surface area (Å²) in [5.74, 6) is 0.677. The summed E-state index contributed by atoms with van der Waals surface area (Å²) in [5.41, 5.74) is 3.61. The van der Waals surface area contributed by atoms with Gasteiger partial charge in [0.25, 0.3) is 10.0 Å². The maximum Gasteiger partial charge on any atom is 0.261 e. The van der Waals surface area contributed by atoms with Gasteiger partial charge in [-0.25, -0.2) is 8.42 Å². The topological polar surface area (TPSA) is 149 Å². The first-order valence-corrected chi connectivity index (χ1v) is 16.2. The van der Waals surface area contributed by atoms with Crippen LogP contribution in [-0.4, -0.2) is 50.7 Å². The standard InChI is InChI=1S/C31H29N5O6S2/c37-19-21-6-8-22(9-7-21)29-18-27(20-43-31-32-34-35-36(31)25-14-16-26(38)17-15-25)41-30(42-29)23-10-12-24(13-11-23)33-44(39,40)28-4-2-1-3-5-28/h1-17,27,29-30,33,37-38H,18-20H2/t27-,29+,30+/m1/s1. The Hall–Kier alpha value is -4.27. The Bertz CT molecular complexity index is 1780. The van der Waals surface area contributed by atoms with Crippen LogP contribution >= 0.6 is 11.8 Å². The van der Waals surface area contributed by atoms with Gasteiger partial charge in [0.15, 0.2) is 6.29 Å². The van der Waals surface area contributed by atoms with Crippen LogP contribution in [0.15, 0.2) is 113 Å². The fourth-order valence-electron chi connectivity index (χ4n) is 4.74. The highest BCUT2D eigenvalue weighted by Crippen LogP contribution is 2.39. The number of nitrogens with one attached hydrogen (secondary N) is 1. The number of ether oxygens (including phenoxy) is 2. The number of aromatic nitrogens is 4. The van der Waals surface area contributed by atoms with Crippen molar-refractivity contribution in [2.75, 3.05) is 10.5 Å². The van der Waals surface area contributed by atoms with E-state index in [0.29, 0.717) is 28.7 Å². The summed E-state index contributed by atoms with van der Waals surface area (Å²) < 4.78 is 42.6. The third kappa shape index (κ3) is 6.93. The van der Waals surface area contributed by atoms with Crippen molar-refractivity contribution in [3.05, 3.63) is 120 Å². The van der Waals surface area contributed by atoms with Gasteiger partial charge >= 0.3 is 0 Å². The van der Waals surface area contributed by atoms with E-state index in [4.69, 9.17) is 9.47 Å². The van der Waals surface area contributed by atoms with Crippen LogP contribution in [0.25, 0.3) is 5.69 Å². The predicted molar refractivity (Wildman–Crippen MR) is 164 cm³/mol. The Kier molecular flexibility index (Phi) is 8.91. The number of sulfonamides is 1. The lowest BCUT2D eigenvalue weighted by molar-refractivity contribution is -0.245. The van der Waals surface area contributed by atoms with E-state index in [9.17, 15) is 18.6 Å². The number of phenols is 1. The van der Waals surface area contributed by atoms with Crippen LogP contribution in [0, 0.1) is 0 Å². The number of anilines is 1. The summed E-state index contributed by atoms with van der Waals surface area (Å²) >= 11 is 1.44. The first-order chi connectivity index (χ1) is 21.4. The number of aliphatic hydroxyl groups is 1. The number of benzene rings is 4. The van der Waals surface area contributed by atoms with Crippen LogP contribution in [0.2, 0.25) is 0 Å². The maximum atomic E-state index is 12.8. The van der Waals surface area contributed by atoms with Gasteiger partial charge in [0.2, 0.25) is 5.16 Å². The predicted octanol–water partition coefficient (Wildman–Crippen LogP) is 5.00. The molecule has 1 aliphatic heterocycles. The number of aliphatic hydroxyl groups excluding tert-OH is 1. The zero-order valence-electron chi connectivity index (χ0n) is 23.3. The molecule has 1 saturated heterocycles. The number of aromatic hydroxyl groups is 1. The second kappa shape index (κ2) is 13.2. The van der Waals surface area contributed by atoms with Gasteiger partial charge in [0.05, 0.1) is 29.4 Å². The lowest BCUT2D eigenvalue weighted by atomic mass is 10.0. The SMILES string of the molecule is O=S(=O)(Nc1ccc([C@H]2O[C@@H](CSc3nnnn3-c3ccc(O)cc3)C[C@@H](c3ccc(CO)cc3)O2)cc1)c1ccccc1. The van der Waals surface area contributed by atoms with Crippen LogP contribution in [0.1, 0.15) is 35.5 Å². The molecular formula is C31H29N5O6S2. The van der Waals surface area contributed by atoms with E-state index in [1.54, 1.807) is 71.4 Å². The molecule has 4 aromatic carbocycles. The molecule has 3 N–H and O–H groups in total. The van der Waals surface area contributed by atoms with Crippen molar-refractivity contribution in [2.24, 2.45) is 0 Å². The molecule has 11 nitrogen and oxygen atoms in total. The minimum atomic E-state index is -3.73. The number of hydrogen-bond donors (Lipinski definition) is 3. The van der Waals surface area contributed by atoms with Crippen molar-refractivity contribution in [3.8, 4) is 11.4 Å². The molecule has 6 rings (SSSR count). The number of tetrazole rings is 1. The van der Waals surface area contributed by atoms with Gasteiger partial charge in [0.1, 0.15) is 5.75 Å². The molecular weight excluding hydrogens is 603 g/mol. The highest BCUT2D eigenvalue weighted by atomic mass is 32.2. The number of nitrogens with zero attached hydrogens (tertiary/aromatic N) is 4. The number of rotatable bonds is 10. The van der Waals surface area contributed by atoms with E-state index < -0.39 is 16.3 Å². The number of thioether (sulfide) groups is 1. The second-order valence-electron chi connectivity index (χ2n) is 10.1. The Morgan fingerprint density at radius 2 is 1.59 bits per heavy atom. The highest BCUT2D eigenvalue weighted by Gasteiger charge is 2.33. The molecule has 0 unspecified atom stereocenters. The average Bonchev–Trinajstić information content (AvgIpc) is 3.53. The molecule has 3 atom stereocenters. The summed E-state index contributed by atoms with van der Waals surface area (Å²) in [6, 6.07) is 29.3. The minimum Gasteiger partial charge on any atom is -0.508 e. The fraction of sp³-hybridized carbons (Fsp3) is 0.194. The maximum absolute atomic E-state index is 12.8. The Morgan fingerprint density at radius 3 is 2.30 bits per heavy atom. The van der Waals surface area contributed by atoms with Gasteiger partial charge in [-0.2, -0.15) is 4.68 Å². The van der Waals surface area contributed by atoms with E-state index in [1.165, 1.54) is 23.9 Å². The van der Waals surface area contributed by atoms with E-state index in [-0.39, 0.29) is 29.5 Å². The smallest absolute Gasteiger partial charge is 0.261 e. The number of hydrogen-bond acceptors (Lipinski definition) is 10. The van der Waals surface area contributed by atoms with Crippen molar-refractivity contribution in [1.29, 1.82) is 0 Å². The first-order valence-electron chi connectivity index (χ1n) is 13.8. The van der Waals surface area contributed by atoms with E-state index in [0.717, 1.165) is 16.7 Å². The molecule has 44 heavy (non-hydrogen) atoms. The van der Waals surface area contributed by atoms with Gasteiger partial charge in [-0.15, -0.1) is 5.10 Å². The molecule has 2 heterocycles. The zero-order valence-corrected chi connectivity index (χ0v) is 24.9. The minimum absolute atomic E-state index is 0.0487. The zero-order chi connectivity index (χ0) is 30.5. The molecule has 226 valence electrons. The molecule has 0 spiro atoms. The molecule has 1 aliphatic rings. The molecule has 0 aliphatic carbocycles. The lowest BCUT2D eigenvalue weighted by Gasteiger charge is -2.36. The van der Waals surface area contributed by atoms with E-state index in [1.807, 2.05) is 24.3 Å². The van der Waals surface area contributed by atoms with Crippen LogP contribution in [0.4, 0.5) is 5.69 Å². The van der Waals surface area contributed by atoms with Crippen molar-refractivity contribution >= 4 is 27.5 Å². The second-order valence-corrected chi connectivity index (χ2v) is 12.8. The molecule has 0 radical (unpaired) electrons. The van der Waals surface area contributed by atoms with Crippen LogP contribution in [-0.2, 0) is 26.1 Å². The summed E-state index contributed by atoms with van der Waals surface area (Å²) in [4.78, 5) is 0.176. The van der Waals surface area contributed by atoms with Gasteiger partial charge < -0.3 is 19.7 Å². The molecule has 0 saturated carbocycles. The summed E-state index contributed by atoms with van der Waals surface area (Å²) in [7, 11) is -3.73. The monoisotopic (exact) mass is 631 g/mol. The largest absolute Gasteiger partial charge is 0.508 e. The summed E-state index contributed by atoms with van der Waals surface area (Å²) in [6.07, 6.45) is -0.693. The normalized spacial score (nSPS) is 18.6. The lowest BCUT2D eigenvalue weighted by Crippen LogP contribution is -2.31. The number of phenolic OH excluding ortho intramolecular Hbond substituents is 1. The van der Waals surface area contributed by atoms with Gasteiger partial charge in [0, 0.05) is 23.4 Å². The Morgan fingerprint density at radius 1 is 0.886 bits per heavy atom. The third-order valence-electron chi connectivity index (χ3n) is 7.04. The van der Waals surface area contributed by atoms with Crippen molar-refractivity contribution in [1.82, 2.24) is 20.2 Å². The quantitative estimate of drug-likeness (QED) is 0.180. The third-order valence-corrected chi connectivity index (χ3v) is 9.49. The molecule has 0 amide bonds. The van der Waals surface area contributed by atoms with Gasteiger partial charge in [-0.1, -0.05) is 66.4 Å². The van der Waals surface area contributed by atoms with Crippen LogP contribution in [0.5, 0.6) is 5.75 Å². The van der Waals surface area contributed by atoms with E-state index in [2.05, 4.69) is 20.2 Å². The average molecular weight is 632 g/mol. The molecule has 1 aromatic heterocycles. The molecule has 5 aromatic rings. The van der Waals surface area contributed by atoms with Crippen molar-refractivity contribution in [3.63, 3.8) is 0 Å². The van der Waals surface area contributed by atoms with E-state index >= 15 is 0 Å². The summed E-state index contributed by atoms with van der Waals surface area (Å²) in [5, 5.41) is 31.8. The molecule has 1 fully saturated rings. The van der Waals surface area contributed by atoms with Gasteiger partial charge in [-0.05, 0) is 70.1 Å². The molecule has 0 bridgehead atoms. The Balaban J connectivity index is 1.20.